The average Bonchev–Trinajstić information content (AvgIpc) is 1.89. The van der Waals surface area contributed by atoms with Crippen LogP contribution in [0.2, 0.25) is 0 Å². The van der Waals surface area contributed by atoms with E-state index in [1.165, 1.54) is 6.08 Å². The third-order valence-electron chi connectivity index (χ3n) is 0.932. The van der Waals surface area contributed by atoms with Crippen LogP contribution in [-0.2, 0) is 4.79 Å². The van der Waals surface area contributed by atoms with Gasteiger partial charge in [-0.2, -0.15) is 5.26 Å². The summed E-state index contributed by atoms with van der Waals surface area (Å²) in [4.78, 5) is 10.5. The minimum atomic E-state index is 0.168. The molecule has 0 heterocycles. The third-order valence-corrected chi connectivity index (χ3v) is 0.932. The fourth-order valence-corrected chi connectivity index (χ4v) is 0.387. The van der Waals surface area contributed by atoms with Crippen LogP contribution in [0.3, 0.4) is 0 Å². The maximum absolute atomic E-state index is 10.5. The second kappa shape index (κ2) is 5.04. The molecule has 0 unspecified atom stereocenters. The van der Waals surface area contributed by atoms with Crippen molar-refractivity contribution >= 4 is 5.78 Å². The Balaban J connectivity index is 3.41. The Bertz CT molecular complexity index is 153. The fourth-order valence-electron chi connectivity index (χ4n) is 0.387. The Labute approximate surface area is 54.8 Å². The number of carbonyl (C=O) groups excluding carboxylic acids is 1. The first-order valence-electron chi connectivity index (χ1n) is 2.87. The molecule has 0 aromatic carbocycles. The molecule has 0 aliphatic rings. The van der Waals surface area contributed by atoms with Gasteiger partial charge >= 0.3 is 0 Å². The van der Waals surface area contributed by atoms with Crippen molar-refractivity contribution in [3.05, 3.63) is 12.2 Å². The van der Waals surface area contributed by atoms with Crippen LogP contribution in [0, 0.1) is 11.3 Å². The number of hydrogen-bond donors (Lipinski definition) is 0. The van der Waals surface area contributed by atoms with E-state index in [1.54, 1.807) is 6.08 Å². The number of carbonyl (C=O) groups is 1. The van der Waals surface area contributed by atoms with Gasteiger partial charge in [-0.25, -0.2) is 0 Å². The van der Waals surface area contributed by atoms with Gasteiger partial charge in [0.2, 0.25) is 0 Å². The molecule has 0 amide bonds. The van der Waals surface area contributed by atoms with Crippen molar-refractivity contribution in [3.63, 3.8) is 0 Å². The number of nitrogens with zero attached hydrogens (tertiary/aromatic N) is 1. The zero-order chi connectivity index (χ0) is 7.11. The van der Waals surface area contributed by atoms with E-state index in [-0.39, 0.29) is 5.78 Å². The molecule has 48 valence electrons. The minimum absolute atomic E-state index is 0.168. The molecule has 0 aliphatic heterocycles. The molecule has 2 nitrogen and oxygen atoms in total. The first-order valence-corrected chi connectivity index (χ1v) is 2.87. The molecule has 2 heteroatoms. The molecule has 0 spiro atoms. The van der Waals surface area contributed by atoms with Crippen molar-refractivity contribution in [2.24, 2.45) is 0 Å². The number of Topliss-reactive ketones (excluding diaryl/α,β-unsaturated/α-hetero) is 1. The van der Waals surface area contributed by atoms with Gasteiger partial charge in [0.1, 0.15) is 5.78 Å². The van der Waals surface area contributed by atoms with Gasteiger partial charge in [-0.3, -0.25) is 4.79 Å². The SMILES string of the molecule is CCC(=O)C/C=C/C#N. The van der Waals surface area contributed by atoms with Crippen molar-refractivity contribution in [1.29, 1.82) is 5.26 Å². The smallest absolute Gasteiger partial charge is 0.136 e. The second-order valence-corrected chi connectivity index (χ2v) is 1.63. The van der Waals surface area contributed by atoms with Crippen molar-refractivity contribution in [2.75, 3.05) is 0 Å². The van der Waals surface area contributed by atoms with Gasteiger partial charge in [0, 0.05) is 18.9 Å². The quantitative estimate of drug-likeness (QED) is 0.533. The van der Waals surface area contributed by atoms with Gasteiger partial charge in [-0.15, -0.1) is 0 Å². The maximum Gasteiger partial charge on any atom is 0.136 e. The standard InChI is InChI=1S/C7H9NO/c1-2-7(9)5-3-4-6-8/h3-4H,2,5H2,1H3/b4-3+. The summed E-state index contributed by atoms with van der Waals surface area (Å²) < 4.78 is 0. The number of nitriles is 1. The molecular weight excluding hydrogens is 114 g/mol. The molecule has 9 heavy (non-hydrogen) atoms. The van der Waals surface area contributed by atoms with Gasteiger partial charge in [0.25, 0.3) is 0 Å². The Morgan fingerprint density at radius 2 is 2.44 bits per heavy atom. The number of hydrogen-bond acceptors (Lipinski definition) is 2. The van der Waals surface area contributed by atoms with Crippen LogP contribution in [0.15, 0.2) is 12.2 Å². The molecule has 0 atom stereocenters. The first kappa shape index (κ1) is 7.90. The van der Waals surface area contributed by atoms with Crippen LogP contribution < -0.4 is 0 Å². The summed E-state index contributed by atoms with van der Waals surface area (Å²) in [6, 6.07) is 1.81. The van der Waals surface area contributed by atoms with E-state index in [2.05, 4.69) is 0 Å². The van der Waals surface area contributed by atoms with Crippen LogP contribution in [-0.4, -0.2) is 5.78 Å². The highest BCUT2D eigenvalue weighted by molar-refractivity contribution is 5.79. The van der Waals surface area contributed by atoms with E-state index in [9.17, 15) is 4.79 Å². The van der Waals surface area contributed by atoms with Crippen LogP contribution >= 0.6 is 0 Å². The molecule has 0 rings (SSSR count). The van der Waals surface area contributed by atoms with E-state index in [0.29, 0.717) is 12.8 Å². The van der Waals surface area contributed by atoms with Crippen LogP contribution in [0.4, 0.5) is 0 Å². The van der Waals surface area contributed by atoms with Crippen molar-refractivity contribution in [2.45, 2.75) is 19.8 Å². The lowest BCUT2D eigenvalue weighted by molar-refractivity contribution is -0.117. The molecule has 0 saturated carbocycles. The van der Waals surface area contributed by atoms with Gasteiger partial charge in [0.05, 0.1) is 6.07 Å². The number of rotatable bonds is 3. The van der Waals surface area contributed by atoms with Gasteiger partial charge in [-0.05, 0) is 0 Å². The zero-order valence-electron chi connectivity index (χ0n) is 5.42. The largest absolute Gasteiger partial charge is 0.299 e. The monoisotopic (exact) mass is 123 g/mol. The summed E-state index contributed by atoms with van der Waals surface area (Å²) in [5.41, 5.74) is 0. The first-order chi connectivity index (χ1) is 4.31. The number of ketones is 1. The van der Waals surface area contributed by atoms with E-state index in [0.717, 1.165) is 0 Å². The Kier molecular flexibility index (Phi) is 4.43. The predicted octanol–water partition coefficient (Wildman–Crippen LogP) is 1.44. The second-order valence-electron chi connectivity index (χ2n) is 1.63. The van der Waals surface area contributed by atoms with Crippen LogP contribution in [0.5, 0.6) is 0 Å². The third kappa shape index (κ3) is 4.76. The molecule has 0 fully saturated rings. The Hall–Kier alpha value is -1.10. The summed E-state index contributed by atoms with van der Waals surface area (Å²) >= 11 is 0. The lowest BCUT2D eigenvalue weighted by atomic mass is 10.2. The number of allylic oxidation sites excluding steroid dienone is 2. The molecule has 0 aromatic rings. The molecule has 0 saturated heterocycles. The topological polar surface area (TPSA) is 40.9 Å². The average molecular weight is 123 g/mol. The van der Waals surface area contributed by atoms with E-state index >= 15 is 0 Å². The van der Waals surface area contributed by atoms with E-state index in [1.807, 2.05) is 13.0 Å². The molecule has 0 bridgehead atoms. The van der Waals surface area contributed by atoms with Crippen LogP contribution in [0.1, 0.15) is 19.8 Å². The summed E-state index contributed by atoms with van der Waals surface area (Å²) in [7, 11) is 0. The van der Waals surface area contributed by atoms with Crippen molar-refractivity contribution in [3.8, 4) is 6.07 Å². The summed E-state index contributed by atoms with van der Waals surface area (Å²) in [6.45, 7) is 1.81. The van der Waals surface area contributed by atoms with E-state index in [4.69, 9.17) is 5.26 Å². The van der Waals surface area contributed by atoms with Gasteiger partial charge in [-0.1, -0.05) is 13.0 Å². The Morgan fingerprint density at radius 3 is 2.89 bits per heavy atom. The molecule has 0 radical (unpaired) electrons. The molecular formula is C7H9NO. The van der Waals surface area contributed by atoms with Gasteiger partial charge < -0.3 is 0 Å². The zero-order valence-corrected chi connectivity index (χ0v) is 5.42. The van der Waals surface area contributed by atoms with Crippen molar-refractivity contribution in [1.82, 2.24) is 0 Å². The maximum atomic E-state index is 10.5. The lowest BCUT2D eigenvalue weighted by Gasteiger charge is -1.84. The molecule has 0 N–H and O–H groups in total. The fraction of sp³-hybridized carbons (Fsp3) is 0.429. The minimum Gasteiger partial charge on any atom is -0.299 e. The predicted molar refractivity (Wildman–Crippen MR) is 34.7 cm³/mol. The summed E-state index contributed by atoms with van der Waals surface area (Å²) in [5, 5.41) is 8.00. The van der Waals surface area contributed by atoms with Crippen molar-refractivity contribution < 1.29 is 4.79 Å². The van der Waals surface area contributed by atoms with E-state index < -0.39 is 0 Å². The molecule has 0 aliphatic carbocycles. The Morgan fingerprint density at radius 1 is 1.78 bits per heavy atom. The summed E-state index contributed by atoms with van der Waals surface area (Å²) in [5.74, 6) is 0.168. The van der Waals surface area contributed by atoms with Gasteiger partial charge in [0.15, 0.2) is 0 Å². The highest BCUT2D eigenvalue weighted by atomic mass is 16.1. The molecule has 0 aromatic heterocycles. The lowest BCUT2D eigenvalue weighted by Crippen LogP contribution is -1.90. The normalized spacial score (nSPS) is 9.33. The highest BCUT2D eigenvalue weighted by Gasteiger charge is 1.90. The van der Waals surface area contributed by atoms with Crippen LogP contribution in [0.25, 0.3) is 0 Å². The summed E-state index contributed by atoms with van der Waals surface area (Å²) in [6.07, 6.45) is 3.85. The highest BCUT2D eigenvalue weighted by Crippen LogP contribution is 1.88.